The summed E-state index contributed by atoms with van der Waals surface area (Å²) in [5.41, 5.74) is 1.73. The number of aliphatic hydroxyl groups is 1. The van der Waals surface area contributed by atoms with Crippen molar-refractivity contribution in [2.75, 3.05) is 6.61 Å². The number of benzene rings is 2. The second kappa shape index (κ2) is 18.1. The molecule has 7 unspecified atom stereocenters. The third-order valence-corrected chi connectivity index (χ3v) is 8.25. The van der Waals surface area contributed by atoms with Crippen molar-refractivity contribution in [2.24, 2.45) is 11.8 Å². The lowest BCUT2D eigenvalue weighted by Crippen LogP contribution is -2.51. The second-order valence-corrected chi connectivity index (χ2v) is 12.4. The summed E-state index contributed by atoms with van der Waals surface area (Å²) in [5, 5.41) is 11.3. The zero-order chi connectivity index (χ0) is 33.8. The van der Waals surface area contributed by atoms with E-state index in [-0.39, 0.29) is 50.1 Å². The van der Waals surface area contributed by atoms with Crippen LogP contribution in [0.25, 0.3) is 0 Å². The van der Waals surface area contributed by atoms with Crippen molar-refractivity contribution in [2.45, 2.75) is 109 Å². The van der Waals surface area contributed by atoms with Crippen LogP contribution >= 0.6 is 0 Å². The normalized spacial score (nSPS) is 22.8. The Morgan fingerprint density at radius 2 is 1.53 bits per heavy atom. The highest BCUT2D eigenvalue weighted by Gasteiger charge is 2.44. The molecule has 0 aromatic heterocycles. The zero-order valence-electron chi connectivity index (χ0n) is 27.3. The molecule has 0 spiro atoms. The van der Waals surface area contributed by atoms with Crippen LogP contribution in [-0.4, -0.2) is 72.2 Å². The van der Waals surface area contributed by atoms with E-state index < -0.39 is 54.7 Å². The van der Waals surface area contributed by atoms with Gasteiger partial charge in [0.1, 0.15) is 37.3 Å². The van der Waals surface area contributed by atoms with Crippen LogP contribution in [0.5, 0.6) is 0 Å². The lowest BCUT2D eigenvalue weighted by atomic mass is 9.95. The molecule has 7 atom stereocenters. The van der Waals surface area contributed by atoms with Gasteiger partial charge in [-0.15, -0.1) is 0 Å². The molecular formula is C36H46O11. The average Bonchev–Trinajstić information content (AvgIpc) is 3.91. The summed E-state index contributed by atoms with van der Waals surface area (Å²) < 4.78 is 35.4. The minimum atomic E-state index is -1.72. The Morgan fingerprint density at radius 1 is 0.894 bits per heavy atom. The highest BCUT2D eigenvalue weighted by atomic mass is 16.7. The van der Waals surface area contributed by atoms with E-state index in [4.69, 9.17) is 28.4 Å². The fourth-order valence-corrected chi connectivity index (χ4v) is 5.43. The minimum absolute atomic E-state index is 0.00715. The third-order valence-electron chi connectivity index (χ3n) is 8.25. The smallest absolute Gasteiger partial charge is 0.338 e. The monoisotopic (exact) mass is 654 g/mol. The van der Waals surface area contributed by atoms with Gasteiger partial charge in [0.2, 0.25) is 0 Å². The summed E-state index contributed by atoms with van der Waals surface area (Å²) in [6.07, 6.45) is -3.43. The van der Waals surface area contributed by atoms with Crippen molar-refractivity contribution in [3.05, 3.63) is 71.8 Å². The molecule has 2 aromatic carbocycles. The molecule has 256 valence electrons. The summed E-state index contributed by atoms with van der Waals surface area (Å²) in [7, 11) is 0. The summed E-state index contributed by atoms with van der Waals surface area (Å²) >= 11 is 0. The van der Waals surface area contributed by atoms with Crippen LogP contribution in [0.15, 0.2) is 60.7 Å². The number of Topliss-reactive ketones (excluding diaryl/α,β-unsaturated/α-hetero) is 1. The lowest BCUT2D eigenvalue weighted by Gasteiger charge is -2.41. The molecule has 0 amide bonds. The Morgan fingerprint density at radius 3 is 2.13 bits per heavy atom. The Labute approximate surface area is 275 Å². The summed E-state index contributed by atoms with van der Waals surface area (Å²) in [6, 6.07) is 18.7. The van der Waals surface area contributed by atoms with Gasteiger partial charge in [-0.3, -0.25) is 9.59 Å². The fourth-order valence-electron chi connectivity index (χ4n) is 5.43. The molecule has 4 rings (SSSR count). The number of carbonyl (C=O) groups is 4. The molecule has 47 heavy (non-hydrogen) atoms. The number of ketones is 1. The summed E-state index contributed by atoms with van der Waals surface area (Å²) in [5.74, 6) is -2.23. The second-order valence-electron chi connectivity index (χ2n) is 12.4. The first-order chi connectivity index (χ1) is 22.6. The van der Waals surface area contributed by atoms with Gasteiger partial charge < -0.3 is 38.3 Å². The first kappa shape index (κ1) is 36.2. The fraction of sp³-hybridized carbons (Fsp3) is 0.556. The van der Waals surface area contributed by atoms with E-state index in [0.717, 1.165) is 24.0 Å². The van der Waals surface area contributed by atoms with Crippen molar-refractivity contribution in [3.63, 3.8) is 0 Å². The molecule has 1 saturated heterocycles. The van der Waals surface area contributed by atoms with Gasteiger partial charge in [0.05, 0.1) is 19.1 Å². The van der Waals surface area contributed by atoms with Crippen molar-refractivity contribution < 1.29 is 52.7 Å². The predicted molar refractivity (Wildman–Crippen MR) is 168 cm³/mol. The van der Waals surface area contributed by atoms with Gasteiger partial charge in [0, 0.05) is 25.7 Å². The minimum Gasteiger partial charge on any atom is -0.463 e. The number of hydrogen-bond acceptors (Lipinski definition) is 11. The molecule has 0 radical (unpaired) electrons. The van der Waals surface area contributed by atoms with E-state index >= 15 is 0 Å². The Balaban J connectivity index is 1.48. The van der Waals surface area contributed by atoms with Crippen LogP contribution in [0.4, 0.5) is 0 Å². The van der Waals surface area contributed by atoms with Gasteiger partial charge in [0.25, 0.3) is 0 Å². The molecule has 1 saturated carbocycles. The molecule has 11 nitrogen and oxygen atoms in total. The number of aliphatic hydroxyl groups excluding tert-OH is 1. The van der Waals surface area contributed by atoms with E-state index in [9.17, 15) is 24.3 Å². The van der Waals surface area contributed by atoms with Gasteiger partial charge in [-0.25, -0.2) is 4.79 Å². The molecule has 0 bridgehead atoms. The number of hydrogen-bond donors (Lipinski definition) is 1. The molecule has 2 aromatic rings. The van der Waals surface area contributed by atoms with Gasteiger partial charge >= 0.3 is 17.9 Å². The van der Waals surface area contributed by atoms with Crippen LogP contribution in [0.2, 0.25) is 0 Å². The van der Waals surface area contributed by atoms with Gasteiger partial charge in [-0.2, -0.15) is 0 Å². The zero-order valence-corrected chi connectivity index (χ0v) is 27.3. The summed E-state index contributed by atoms with van der Waals surface area (Å²) in [4.78, 5) is 48.9. The van der Waals surface area contributed by atoms with Crippen molar-refractivity contribution in [3.8, 4) is 0 Å². The van der Waals surface area contributed by atoms with E-state index in [1.807, 2.05) is 55.5 Å². The average molecular weight is 655 g/mol. The van der Waals surface area contributed by atoms with Crippen molar-refractivity contribution in [1.29, 1.82) is 0 Å². The van der Waals surface area contributed by atoms with E-state index in [2.05, 4.69) is 0 Å². The number of ether oxygens (including phenoxy) is 6. The van der Waals surface area contributed by atoms with E-state index in [1.54, 1.807) is 12.1 Å². The Kier molecular flexibility index (Phi) is 13.9. The number of esters is 3. The van der Waals surface area contributed by atoms with Crippen LogP contribution in [0.1, 0.15) is 70.4 Å². The highest BCUT2D eigenvalue weighted by molar-refractivity contribution is 5.81. The van der Waals surface area contributed by atoms with Crippen LogP contribution in [-0.2, 0) is 60.8 Å². The van der Waals surface area contributed by atoms with Crippen molar-refractivity contribution >= 4 is 23.7 Å². The number of rotatable bonds is 18. The third kappa shape index (κ3) is 12.2. The number of carbonyl (C=O) groups excluding carboxylic acids is 4. The largest absolute Gasteiger partial charge is 0.463 e. The molecule has 2 fully saturated rings. The Hall–Kier alpha value is -3.64. The van der Waals surface area contributed by atoms with Crippen LogP contribution in [0.3, 0.4) is 0 Å². The van der Waals surface area contributed by atoms with Gasteiger partial charge in [0.15, 0.2) is 12.4 Å². The summed E-state index contributed by atoms with van der Waals surface area (Å²) in [6.45, 7) is 4.83. The van der Waals surface area contributed by atoms with Gasteiger partial charge in [-0.1, -0.05) is 67.6 Å². The maximum absolute atomic E-state index is 13.1. The van der Waals surface area contributed by atoms with Gasteiger partial charge in [-0.05, 0) is 43.2 Å². The first-order valence-corrected chi connectivity index (χ1v) is 16.3. The molecule has 1 N–H and O–H groups in total. The molecule has 1 aliphatic carbocycles. The molecule has 2 aliphatic rings. The molecule has 1 aliphatic heterocycles. The van der Waals surface area contributed by atoms with Crippen LogP contribution < -0.4 is 0 Å². The topological polar surface area (TPSA) is 144 Å². The molecular weight excluding hydrogens is 608 g/mol. The molecule has 11 heteroatoms. The maximum Gasteiger partial charge on any atom is 0.338 e. The lowest BCUT2D eigenvalue weighted by molar-refractivity contribution is -0.285. The van der Waals surface area contributed by atoms with Crippen LogP contribution in [0, 0.1) is 11.8 Å². The van der Waals surface area contributed by atoms with E-state index in [1.165, 1.54) is 13.8 Å². The standard InChI is InChI=1S/C36H46O11/c1-23-18-30(43-20-26-10-6-4-7-11-26)32(22-42-25(3)38)47-36(23)46-31(34(40)35(41)44-21-27-12-8-5-9-13-27)19-29(28-15-16-28)45-33(39)17-14-24(2)37/h4-13,23,28-32,34,36,40H,14-22H2,1-3H3. The SMILES string of the molecule is CC(=O)CCC(=O)OC(CC(OC1OC(COC(C)=O)C(OCc2ccccc2)CC1C)C(O)C(=O)OCc1ccccc1)C1CC1. The van der Waals surface area contributed by atoms with E-state index in [0.29, 0.717) is 13.0 Å². The Bertz CT molecular complexity index is 1300. The predicted octanol–water partition coefficient (Wildman–Crippen LogP) is 4.46. The van der Waals surface area contributed by atoms with Crippen molar-refractivity contribution in [1.82, 2.24) is 0 Å². The first-order valence-electron chi connectivity index (χ1n) is 16.3. The quantitative estimate of drug-likeness (QED) is 0.180. The molecule has 1 heterocycles. The highest BCUT2D eigenvalue weighted by Crippen LogP contribution is 2.38. The maximum atomic E-state index is 13.1.